The number of thioether (sulfide) groups is 1. The standard InChI is InChI=1S/C13H18N2OS/c1-9-4-5-13-14-12(7-15(13)6-9)8-17-11(3)10(2)16/h4-7,10-11,16H,8H2,1-3H3. The van der Waals surface area contributed by atoms with Crippen molar-refractivity contribution in [3.05, 3.63) is 35.8 Å². The van der Waals surface area contributed by atoms with Gasteiger partial charge in [-0.1, -0.05) is 13.0 Å². The number of imidazole rings is 1. The van der Waals surface area contributed by atoms with Crippen LogP contribution in [0.5, 0.6) is 0 Å². The number of fused-ring (bicyclic) bond motifs is 1. The zero-order valence-electron chi connectivity index (χ0n) is 10.4. The van der Waals surface area contributed by atoms with Crippen molar-refractivity contribution in [3.8, 4) is 0 Å². The maximum absolute atomic E-state index is 9.43. The quantitative estimate of drug-likeness (QED) is 0.906. The summed E-state index contributed by atoms with van der Waals surface area (Å²) in [7, 11) is 0. The summed E-state index contributed by atoms with van der Waals surface area (Å²) in [6.45, 7) is 5.93. The molecule has 4 heteroatoms. The van der Waals surface area contributed by atoms with Crippen LogP contribution in [0, 0.1) is 6.92 Å². The van der Waals surface area contributed by atoms with E-state index < -0.39 is 0 Å². The fourth-order valence-electron chi connectivity index (χ4n) is 1.58. The van der Waals surface area contributed by atoms with E-state index in [1.165, 1.54) is 5.56 Å². The van der Waals surface area contributed by atoms with Gasteiger partial charge in [-0.3, -0.25) is 0 Å². The third-order valence-electron chi connectivity index (χ3n) is 2.82. The van der Waals surface area contributed by atoms with Gasteiger partial charge in [-0.25, -0.2) is 4.98 Å². The van der Waals surface area contributed by atoms with Gasteiger partial charge < -0.3 is 9.51 Å². The Kier molecular flexibility index (Phi) is 3.74. The van der Waals surface area contributed by atoms with Crippen LogP contribution in [0.1, 0.15) is 25.1 Å². The lowest BCUT2D eigenvalue weighted by Crippen LogP contribution is -2.15. The number of hydrogen-bond donors (Lipinski definition) is 1. The Balaban J connectivity index is 2.09. The molecule has 2 aromatic heterocycles. The average molecular weight is 250 g/mol. The van der Waals surface area contributed by atoms with E-state index >= 15 is 0 Å². The topological polar surface area (TPSA) is 37.5 Å². The van der Waals surface area contributed by atoms with Gasteiger partial charge in [0.15, 0.2) is 0 Å². The third kappa shape index (κ3) is 3.01. The van der Waals surface area contributed by atoms with E-state index in [-0.39, 0.29) is 11.4 Å². The first-order valence-corrected chi connectivity index (χ1v) is 6.85. The molecule has 2 atom stereocenters. The Bertz CT molecular complexity index is 507. The number of nitrogens with zero attached hydrogens (tertiary/aromatic N) is 2. The number of pyridine rings is 1. The van der Waals surface area contributed by atoms with Crippen LogP contribution in [0.25, 0.3) is 5.65 Å². The molecule has 3 nitrogen and oxygen atoms in total. The first-order chi connectivity index (χ1) is 8.06. The van der Waals surface area contributed by atoms with Gasteiger partial charge >= 0.3 is 0 Å². The minimum absolute atomic E-state index is 0.238. The van der Waals surface area contributed by atoms with Crippen LogP contribution < -0.4 is 0 Å². The Labute approximate surface area is 106 Å². The normalized spacial score (nSPS) is 15.1. The summed E-state index contributed by atoms with van der Waals surface area (Å²) in [6.07, 6.45) is 3.86. The van der Waals surface area contributed by atoms with Crippen LogP contribution in [0.15, 0.2) is 24.5 Å². The molecule has 0 aliphatic heterocycles. The van der Waals surface area contributed by atoms with E-state index in [9.17, 15) is 5.11 Å². The highest BCUT2D eigenvalue weighted by Crippen LogP contribution is 2.20. The smallest absolute Gasteiger partial charge is 0.137 e. The van der Waals surface area contributed by atoms with Crippen molar-refractivity contribution in [1.29, 1.82) is 0 Å². The minimum Gasteiger partial charge on any atom is -0.392 e. The van der Waals surface area contributed by atoms with Crippen molar-refractivity contribution in [2.75, 3.05) is 0 Å². The van der Waals surface area contributed by atoms with Gasteiger partial charge in [-0.15, -0.1) is 11.8 Å². The van der Waals surface area contributed by atoms with E-state index in [1.54, 1.807) is 11.8 Å². The lowest BCUT2D eigenvalue weighted by Gasteiger charge is -2.12. The number of aromatic nitrogens is 2. The van der Waals surface area contributed by atoms with Crippen LogP contribution in [-0.2, 0) is 5.75 Å². The van der Waals surface area contributed by atoms with Crippen LogP contribution in [0.3, 0.4) is 0 Å². The van der Waals surface area contributed by atoms with Crippen molar-refractivity contribution in [2.24, 2.45) is 0 Å². The molecule has 0 aliphatic carbocycles. The molecule has 2 heterocycles. The molecule has 0 saturated carbocycles. The predicted octanol–water partition coefficient (Wildman–Crippen LogP) is 2.65. The van der Waals surface area contributed by atoms with Gasteiger partial charge in [-0.05, 0) is 25.5 Å². The SMILES string of the molecule is Cc1ccc2nc(CSC(C)C(C)O)cn2c1. The van der Waals surface area contributed by atoms with Crippen molar-refractivity contribution in [3.63, 3.8) is 0 Å². The summed E-state index contributed by atoms with van der Waals surface area (Å²) in [6, 6.07) is 4.10. The van der Waals surface area contributed by atoms with Gasteiger partial charge in [0, 0.05) is 23.4 Å². The lowest BCUT2D eigenvalue weighted by atomic mass is 10.3. The van der Waals surface area contributed by atoms with Gasteiger partial charge in [0.2, 0.25) is 0 Å². The van der Waals surface area contributed by atoms with Gasteiger partial charge in [0.05, 0.1) is 11.8 Å². The summed E-state index contributed by atoms with van der Waals surface area (Å²) in [5.41, 5.74) is 3.27. The molecule has 0 aliphatic rings. The molecule has 0 bridgehead atoms. The summed E-state index contributed by atoms with van der Waals surface area (Å²) in [5, 5.41) is 9.67. The molecule has 1 N–H and O–H groups in total. The predicted molar refractivity (Wildman–Crippen MR) is 72.4 cm³/mol. The molecule has 0 fully saturated rings. The molecule has 0 aromatic carbocycles. The first kappa shape index (κ1) is 12.5. The highest BCUT2D eigenvalue weighted by atomic mass is 32.2. The number of aliphatic hydroxyl groups is 1. The van der Waals surface area contributed by atoms with Gasteiger partial charge in [0.1, 0.15) is 5.65 Å². The molecular weight excluding hydrogens is 232 g/mol. The summed E-state index contributed by atoms with van der Waals surface area (Å²) >= 11 is 1.73. The molecule has 0 amide bonds. The molecule has 2 unspecified atom stereocenters. The number of rotatable bonds is 4. The van der Waals surface area contributed by atoms with Crippen LogP contribution in [0.4, 0.5) is 0 Å². The molecule has 92 valence electrons. The molecule has 0 saturated heterocycles. The van der Waals surface area contributed by atoms with Gasteiger partial charge in [0.25, 0.3) is 0 Å². The van der Waals surface area contributed by atoms with Crippen molar-refractivity contribution < 1.29 is 5.11 Å². The molecule has 0 radical (unpaired) electrons. The van der Waals surface area contributed by atoms with E-state index in [0.717, 1.165) is 17.1 Å². The van der Waals surface area contributed by atoms with E-state index in [2.05, 4.69) is 34.8 Å². The maximum atomic E-state index is 9.43. The Morgan fingerprint density at radius 3 is 2.82 bits per heavy atom. The summed E-state index contributed by atoms with van der Waals surface area (Å²) < 4.78 is 2.05. The summed E-state index contributed by atoms with van der Waals surface area (Å²) in [5.74, 6) is 0.840. The van der Waals surface area contributed by atoms with E-state index in [1.807, 2.05) is 19.9 Å². The number of aryl methyl sites for hydroxylation is 1. The van der Waals surface area contributed by atoms with Crippen molar-refractivity contribution in [1.82, 2.24) is 9.38 Å². The Morgan fingerprint density at radius 1 is 1.35 bits per heavy atom. The zero-order valence-corrected chi connectivity index (χ0v) is 11.2. The van der Waals surface area contributed by atoms with E-state index in [4.69, 9.17) is 0 Å². The molecule has 2 aromatic rings. The third-order valence-corrected chi connectivity index (χ3v) is 4.20. The highest BCUT2D eigenvalue weighted by molar-refractivity contribution is 7.99. The summed E-state index contributed by atoms with van der Waals surface area (Å²) in [4.78, 5) is 4.55. The number of hydrogen-bond acceptors (Lipinski definition) is 3. The maximum Gasteiger partial charge on any atom is 0.137 e. The van der Waals surface area contributed by atoms with Crippen LogP contribution in [-0.4, -0.2) is 25.8 Å². The first-order valence-electron chi connectivity index (χ1n) is 5.80. The van der Waals surface area contributed by atoms with Gasteiger partial charge in [-0.2, -0.15) is 0 Å². The number of aliphatic hydroxyl groups excluding tert-OH is 1. The monoisotopic (exact) mass is 250 g/mol. The van der Waals surface area contributed by atoms with Crippen LogP contribution >= 0.6 is 11.8 Å². The fourth-order valence-corrected chi connectivity index (χ4v) is 2.43. The minimum atomic E-state index is -0.278. The largest absolute Gasteiger partial charge is 0.392 e. The fraction of sp³-hybridized carbons (Fsp3) is 0.462. The molecule has 2 rings (SSSR count). The van der Waals surface area contributed by atoms with Crippen molar-refractivity contribution in [2.45, 2.75) is 37.9 Å². The van der Waals surface area contributed by atoms with Crippen molar-refractivity contribution >= 4 is 17.4 Å². The Hall–Kier alpha value is -1.00. The molecular formula is C13H18N2OS. The second-order valence-corrected chi connectivity index (χ2v) is 5.83. The zero-order chi connectivity index (χ0) is 12.4. The van der Waals surface area contributed by atoms with Crippen LogP contribution in [0.2, 0.25) is 0 Å². The second-order valence-electron chi connectivity index (χ2n) is 4.46. The molecule has 17 heavy (non-hydrogen) atoms. The highest BCUT2D eigenvalue weighted by Gasteiger charge is 2.10. The lowest BCUT2D eigenvalue weighted by molar-refractivity contribution is 0.196. The molecule has 0 spiro atoms. The second kappa shape index (κ2) is 5.10. The average Bonchev–Trinajstić information content (AvgIpc) is 2.67. The Morgan fingerprint density at radius 2 is 2.12 bits per heavy atom. The van der Waals surface area contributed by atoms with E-state index in [0.29, 0.717) is 0 Å².